The smallest absolute Gasteiger partial charge is 0.416 e. The fourth-order valence-electron chi connectivity index (χ4n) is 2.58. The third-order valence-corrected chi connectivity index (χ3v) is 3.50. The van der Waals surface area contributed by atoms with Crippen molar-refractivity contribution in [3.05, 3.63) is 34.9 Å². The molecule has 0 amide bonds. The summed E-state index contributed by atoms with van der Waals surface area (Å²) in [5, 5.41) is 12.0. The summed E-state index contributed by atoms with van der Waals surface area (Å²) in [4.78, 5) is 10.7. The summed E-state index contributed by atoms with van der Waals surface area (Å²) in [6.45, 7) is 1.78. The zero-order valence-electron chi connectivity index (χ0n) is 10.8. The molecule has 6 heteroatoms. The highest BCUT2D eigenvalue weighted by Crippen LogP contribution is 2.33. The lowest BCUT2D eigenvalue weighted by Crippen LogP contribution is -2.14. The zero-order valence-corrected chi connectivity index (χ0v) is 10.8. The van der Waals surface area contributed by atoms with Crippen molar-refractivity contribution in [2.75, 3.05) is 13.1 Å². The van der Waals surface area contributed by atoms with Gasteiger partial charge in [-0.25, -0.2) is 0 Å². The van der Waals surface area contributed by atoms with E-state index in [2.05, 4.69) is 5.32 Å². The fourth-order valence-corrected chi connectivity index (χ4v) is 2.58. The van der Waals surface area contributed by atoms with E-state index < -0.39 is 24.1 Å². The molecule has 1 atom stereocenters. The molecule has 1 aromatic carbocycles. The van der Waals surface area contributed by atoms with Crippen LogP contribution in [-0.2, 0) is 23.8 Å². The highest BCUT2D eigenvalue weighted by Gasteiger charge is 2.33. The molecular weight excluding hydrogens is 271 g/mol. The Kier molecular flexibility index (Phi) is 4.32. The number of hydrogen-bond donors (Lipinski definition) is 2. The first kappa shape index (κ1) is 14.8. The lowest BCUT2D eigenvalue weighted by molar-refractivity contribution is -0.139. The largest absolute Gasteiger partial charge is 0.481 e. The second-order valence-corrected chi connectivity index (χ2v) is 5.12. The fraction of sp³-hybridized carbons (Fsp3) is 0.500. The maximum Gasteiger partial charge on any atom is 0.416 e. The van der Waals surface area contributed by atoms with Crippen LogP contribution in [0.25, 0.3) is 0 Å². The van der Waals surface area contributed by atoms with Gasteiger partial charge in [-0.1, -0.05) is 12.1 Å². The van der Waals surface area contributed by atoms with E-state index in [-0.39, 0.29) is 5.56 Å². The van der Waals surface area contributed by atoms with E-state index in [1.165, 1.54) is 12.1 Å². The number of carboxylic acid groups (broad SMARTS) is 1. The van der Waals surface area contributed by atoms with Crippen molar-refractivity contribution in [3.63, 3.8) is 0 Å². The lowest BCUT2D eigenvalue weighted by atomic mass is 9.94. The molecule has 0 bridgehead atoms. The molecule has 1 unspecified atom stereocenters. The Morgan fingerprint density at radius 3 is 2.70 bits per heavy atom. The molecule has 1 heterocycles. The number of benzene rings is 1. The molecule has 1 fully saturated rings. The Hall–Kier alpha value is -1.56. The molecule has 110 valence electrons. The Labute approximate surface area is 114 Å². The minimum Gasteiger partial charge on any atom is -0.481 e. The van der Waals surface area contributed by atoms with Gasteiger partial charge in [0.25, 0.3) is 0 Å². The average molecular weight is 287 g/mol. The van der Waals surface area contributed by atoms with Crippen LogP contribution in [0.2, 0.25) is 0 Å². The van der Waals surface area contributed by atoms with Crippen LogP contribution in [0, 0.1) is 5.92 Å². The number of rotatable bonds is 4. The van der Waals surface area contributed by atoms with E-state index in [0.29, 0.717) is 12.3 Å². The monoisotopic (exact) mass is 287 g/mol. The Balaban J connectivity index is 2.25. The molecule has 1 aromatic rings. The number of alkyl halides is 3. The second kappa shape index (κ2) is 5.83. The first-order valence-electron chi connectivity index (χ1n) is 6.48. The quantitative estimate of drug-likeness (QED) is 0.894. The van der Waals surface area contributed by atoms with E-state index >= 15 is 0 Å². The first-order chi connectivity index (χ1) is 9.36. The molecule has 0 radical (unpaired) electrons. The van der Waals surface area contributed by atoms with Crippen LogP contribution in [-0.4, -0.2) is 24.2 Å². The van der Waals surface area contributed by atoms with Crippen LogP contribution in [0.3, 0.4) is 0 Å². The van der Waals surface area contributed by atoms with E-state index in [4.69, 9.17) is 5.11 Å². The maximum absolute atomic E-state index is 12.8. The molecule has 2 rings (SSSR count). The van der Waals surface area contributed by atoms with Crippen molar-refractivity contribution in [1.82, 2.24) is 5.32 Å². The van der Waals surface area contributed by atoms with Gasteiger partial charge in [-0.15, -0.1) is 0 Å². The molecule has 1 aliphatic rings. The third kappa shape index (κ3) is 3.72. The normalized spacial score (nSPS) is 19.2. The number of halogens is 3. The van der Waals surface area contributed by atoms with Gasteiger partial charge in [-0.2, -0.15) is 13.2 Å². The van der Waals surface area contributed by atoms with Crippen LogP contribution in [0.1, 0.15) is 23.1 Å². The second-order valence-electron chi connectivity index (χ2n) is 5.12. The summed E-state index contributed by atoms with van der Waals surface area (Å²) in [5.74, 6) is -0.848. The molecule has 0 aliphatic carbocycles. The Morgan fingerprint density at radius 1 is 1.40 bits per heavy atom. The maximum atomic E-state index is 12.8. The predicted octanol–water partition coefficient (Wildman–Crippen LogP) is 2.48. The molecular formula is C14H16F3NO2. The highest BCUT2D eigenvalue weighted by molar-refractivity contribution is 5.71. The molecule has 0 spiro atoms. The van der Waals surface area contributed by atoms with Crippen LogP contribution in [0.15, 0.2) is 18.2 Å². The lowest BCUT2D eigenvalue weighted by Gasteiger charge is -2.15. The molecule has 20 heavy (non-hydrogen) atoms. The number of hydrogen-bond acceptors (Lipinski definition) is 2. The molecule has 0 saturated carbocycles. The Morgan fingerprint density at radius 2 is 2.15 bits per heavy atom. The molecule has 1 aliphatic heterocycles. The standard InChI is InChI=1S/C14H16F3NO2/c15-14(16,17)12-2-1-9(5-10-3-4-18-8-10)6-11(12)7-13(19)20/h1-2,6,10,18H,3-5,7-8H2,(H,19,20). The predicted molar refractivity (Wildman–Crippen MR) is 67.5 cm³/mol. The summed E-state index contributed by atoms with van der Waals surface area (Å²) in [7, 11) is 0. The van der Waals surface area contributed by atoms with Gasteiger partial charge in [0.1, 0.15) is 0 Å². The van der Waals surface area contributed by atoms with E-state index in [0.717, 1.165) is 31.1 Å². The van der Waals surface area contributed by atoms with E-state index in [1.807, 2.05) is 0 Å². The van der Waals surface area contributed by atoms with Crippen LogP contribution < -0.4 is 5.32 Å². The van der Waals surface area contributed by atoms with E-state index in [1.54, 1.807) is 0 Å². The zero-order chi connectivity index (χ0) is 14.8. The van der Waals surface area contributed by atoms with Gasteiger partial charge >= 0.3 is 12.1 Å². The van der Waals surface area contributed by atoms with Gasteiger partial charge in [0.15, 0.2) is 0 Å². The topological polar surface area (TPSA) is 49.3 Å². The van der Waals surface area contributed by atoms with Crippen LogP contribution in [0.4, 0.5) is 13.2 Å². The van der Waals surface area contributed by atoms with Crippen molar-refractivity contribution >= 4 is 5.97 Å². The van der Waals surface area contributed by atoms with Crippen LogP contribution in [0.5, 0.6) is 0 Å². The number of nitrogens with one attached hydrogen (secondary N) is 1. The minimum absolute atomic E-state index is 0.159. The summed E-state index contributed by atoms with van der Waals surface area (Å²) in [6.07, 6.45) is -3.45. The van der Waals surface area contributed by atoms with Gasteiger partial charge in [-0.3, -0.25) is 4.79 Å². The highest BCUT2D eigenvalue weighted by atomic mass is 19.4. The van der Waals surface area contributed by atoms with Crippen molar-refractivity contribution < 1.29 is 23.1 Å². The molecule has 1 saturated heterocycles. The molecule has 3 nitrogen and oxygen atoms in total. The van der Waals surface area contributed by atoms with Crippen molar-refractivity contribution in [1.29, 1.82) is 0 Å². The number of carboxylic acids is 1. The van der Waals surface area contributed by atoms with Gasteiger partial charge in [0.05, 0.1) is 12.0 Å². The van der Waals surface area contributed by atoms with Crippen LogP contribution >= 0.6 is 0 Å². The van der Waals surface area contributed by atoms with Crippen molar-refractivity contribution in [2.24, 2.45) is 5.92 Å². The van der Waals surface area contributed by atoms with Gasteiger partial charge in [0.2, 0.25) is 0 Å². The summed E-state index contributed by atoms with van der Waals surface area (Å²) >= 11 is 0. The molecule has 2 N–H and O–H groups in total. The summed E-state index contributed by atoms with van der Waals surface area (Å²) in [5.41, 5.74) is -0.246. The number of aliphatic carboxylic acids is 1. The van der Waals surface area contributed by atoms with Crippen molar-refractivity contribution in [3.8, 4) is 0 Å². The third-order valence-electron chi connectivity index (χ3n) is 3.50. The Bertz CT molecular complexity index is 494. The summed E-state index contributed by atoms with van der Waals surface area (Å²) in [6, 6.07) is 3.83. The van der Waals surface area contributed by atoms with Gasteiger partial charge in [0, 0.05) is 0 Å². The summed E-state index contributed by atoms with van der Waals surface area (Å²) < 4.78 is 38.5. The van der Waals surface area contributed by atoms with Crippen molar-refractivity contribution in [2.45, 2.75) is 25.4 Å². The van der Waals surface area contributed by atoms with Gasteiger partial charge < -0.3 is 10.4 Å². The number of carbonyl (C=O) groups is 1. The minimum atomic E-state index is -4.52. The molecule has 0 aromatic heterocycles. The van der Waals surface area contributed by atoms with E-state index in [9.17, 15) is 18.0 Å². The average Bonchev–Trinajstić information content (AvgIpc) is 2.79. The first-order valence-corrected chi connectivity index (χ1v) is 6.48. The SMILES string of the molecule is O=C(O)Cc1cc(CC2CCNC2)ccc1C(F)(F)F. The van der Waals surface area contributed by atoms with Gasteiger partial charge in [-0.05, 0) is 49.0 Å².